The largest absolute Gasteiger partial charge is 0.491 e. The fourth-order valence-corrected chi connectivity index (χ4v) is 3.44. The van der Waals surface area contributed by atoms with Crippen LogP contribution in [0.25, 0.3) is 10.9 Å². The van der Waals surface area contributed by atoms with Crippen LogP contribution in [0.1, 0.15) is 22.7 Å². The first-order valence-electron chi connectivity index (χ1n) is 9.50. The van der Waals surface area contributed by atoms with Gasteiger partial charge in [-0.3, -0.25) is 4.79 Å². The molecule has 1 N–H and O–H groups in total. The predicted octanol–water partition coefficient (Wildman–Crippen LogP) is 2.63. The van der Waals surface area contributed by atoms with E-state index in [0.717, 1.165) is 10.9 Å². The van der Waals surface area contributed by atoms with Gasteiger partial charge in [-0.1, -0.05) is 0 Å². The molecule has 30 heavy (non-hydrogen) atoms. The van der Waals surface area contributed by atoms with Crippen LogP contribution in [0.2, 0.25) is 0 Å². The second-order valence-electron chi connectivity index (χ2n) is 6.73. The zero-order chi connectivity index (χ0) is 20.9. The molecule has 0 spiro atoms. The van der Waals surface area contributed by atoms with Crippen molar-refractivity contribution in [3.05, 3.63) is 59.5 Å². The Labute approximate surface area is 173 Å². The number of rotatable bonds is 8. The van der Waals surface area contributed by atoms with E-state index in [-0.39, 0.29) is 5.91 Å². The molecule has 1 unspecified atom stereocenters. The molecule has 8 nitrogen and oxygen atoms in total. The zero-order valence-electron chi connectivity index (χ0n) is 16.4. The van der Waals surface area contributed by atoms with Gasteiger partial charge in [-0.05, 0) is 35.9 Å². The molecule has 0 saturated heterocycles. The van der Waals surface area contributed by atoms with Crippen LogP contribution < -0.4 is 10.1 Å². The monoisotopic (exact) mass is 404 g/mol. The molecule has 1 atom stereocenters. The number of methoxy groups -OCH3 is 1. The van der Waals surface area contributed by atoms with E-state index >= 15 is 0 Å². The number of benzene rings is 2. The van der Waals surface area contributed by atoms with Gasteiger partial charge in [0.25, 0.3) is 0 Å². The van der Waals surface area contributed by atoms with Gasteiger partial charge >= 0.3 is 0 Å². The molecule has 1 aliphatic rings. The van der Waals surface area contributed by atoms with Crippen LogP contribution in [0.3, 0.4) is 0 Å². The summed E-state index contributed by atoms with van der Waals surface area (Å²) in [5, 5.41) is 12.8. The van der Waals surface area contributed by atoms with Crippen molar-refractivity contribution in [1.29, 1.82) is 5.26 Å². The Morgan fingerprint density at radius 1 is 1.10 bits per heavy atom. The quantitative estimate of drug-likeness (QED) is 0.575. The van der Waals surface area contributed by atoms with E-state index in [1.807, 2.05) is 18.2 Å². The third kappa shape index (κ3) is 3.94. The number of nitrogens with zero attached hydrogens (tertiary/aromatic N) is 3. The summed E-state index contributed by atoms with van der Waals surface area (Å²) in [5.74, 6) is -0.112. The average molecular weight is 404 g/mol. The molecule has 2 aromatic carbocycles. The number of nitrogens with one attached hydrogen (secondary N) is 1. The lowest BCUT2D eigenvalue weighted by atomic mass is 9.93. The van der Waals surface area contributed by atoms with Gasteiger partial charge in [0.1, 0.15) is 24.6 Å². The Bertz CT molecular complexity index is 1130. The van der Waals surface area contributed by atoms with Crippen LogP contribution >= 0.6 is 0 Å². The highest BCUT2D eigenvalue weighted by Crippen LogP contribution is 2.39. The molecule has 0 aliphatic carbocycles. The van der Waals surface area contributed by atoms with E-state index in [1.165, 1.54) is 6.33 Å². The first kappa shape index (κ1) is 19.8. The molecular formula is C22H20N4O4. The van der Waals surface area contributed by atoms with E-state index < -0.39 is 5.92 Å². The number of hydrogen-bond acceptors (Lipinski definition) is 7. The number of aromatic nitrogens is 2. The highest BCUT2D eigenvalue weighted by molar-refractivity contribution is 6.06. The predicted molar refractivity (Wildman–Crippen MR) is 109 cm³/mol. The number of carbonyl (C=O) groups excluding carboxylic acids is 1. The Balaban J connectivity index is 1.58. The van der Waals surface area contributed by atoms with Crippen molar-refractivity contribution in [2.24, 2.45) is 0 Å². The van der Waals surface area contributed by atoms with Gasteiger partial charge in [0, 0.05) is 24.2 Å². The topological polar surface area (TPSA) is 106 Å². The normalized spacial score (nSPS) is 14.9. The van der Waals surface area contributed by atoms with Gasteiger partial charge in [0.15, 0.2) is 0 Å². The van der Waals surface area contributed by atoms with E-state index in [9.17, 15) is 10.1 Å². The number of anilines is 1. The van der Waals surface area contributed by atoms with Crippen LogP contribution in [0.4, 0.5) is 5.69 Å². The molecule has 0 bridgehead atoms. The van der Waals surface area contributed by atoms with Crippen molar-refractivity contribution in [2.45, 2.75) is 5.92 Å². The highest BCUT2D eigenvalue weighted by Gasteiger charge is 2.34. The van der Waals surface area contributed by atoms with Crippen molar-refractivity contribution < 1.29 is 19.0 Å². The van der Waals surface area contributed by atoms with Crippen molar-refractivity contribution in [3.63, 3.8) is 0 Å². The van der Waals surface area contributed by atoms with Crippen LogP contribution in [-0.4, -0.2) is 49.4 Å². The van der Waals surface area contributed by atoms with Crippen molar-refractivity contribution in [1.82, 2.24) is 9.97 Å². The van der Waals surface area contributed by atoms with Crippen LogP contribution in [0.5, 0.6) is 5.75 Å². The standard InChI is InChI=1S/C22H20N4O4/c1-28-6-7-29-8-9-30-15-3-4-16-19(11-15)24-13-25-21(16)20-17-10-14(12-23)2-5-18(17)26-22(20)27/h2-5,10-11,13,20H,6-9H2,1H3,(H,26,27). The number of nitriles is 1. The minimum absolute atomic E-state index is 0.173. The summed E-state index contributed by atoms with van der Waals surface area (Å²) in [6.07, 6.45) is 1.44. The number of ether oxygens (including phenoxy) is 3. The van der Waals surface area contributed by atoms with Gasteiger partial charge in [-0.2, -0.15) is 5.26 Å². The summed E-state index contributed by atoms with van der Waals surface area (Å²) in [4.78, 5) is 21.4. The summed E-state index contributed by atoms with van der Waals surface area (Å²) in [7, 11) is 1.63. The molecule has 1 aliphatic heterocycles. The van der Waals surface area contributed by atoms with Gasteiger partial charge in [-0.15, -0.1) is 0 Å². The molecule has 4 rings (SSSR count). The zero-order valence-corrected chi connectivity index (χ0v) is 16.4. The summed E-state index contributed by atoms with van der Waals surface area (Å²) in [5.41, 5.74) is 3.21. The van der Waals surface area contributed by atoms with Crippen molar-refractivity contribution in [2.75, 3.05) is 38.9 Å². The minimum atomic E-state index is -0.597. The third-order valence-corrected chi connectivity index (χ3v) is 4.85. The lowest BCUT2D eigenvalue weighted by molar-refractivity contribution is -0.116. The molecule has 0 fully saturated rings. The van der Waals surface area contributed by atoms with Crippen LogP contribution in [0, 0.1) is 11.3 Å². The van der Waals surface area contributed by atoms with E-state index in [4.69, 9.17) is 14.2 Å². The molecule has 1 amide bonds. The first-order chi connectivity index (χ1) is 14.7. The summed E-state index contributed by atoms with van der Waals surface area (Å²) in [6.45, 7) is 1.93. The molecule has 3 aromatic rings. The second kappa shape index (κ2) is 8.86. The summed E-state index contributed by atoms with van der Waals surface area (Å²) < 4.78 is 16.0. The maximum Gasteiger partial charge on any atom is 0.238 e. The lowest BCUT2D eigenvalue weighted by Gasteiger charge is -2.12. The van der Waals surface area contributed by atoms with Crippen molar-refractivity contribution in [3.8, 4) is 11.8 Å². The Morgan fingerprint density at radius 2 is 1.97 bits per heavy atom. The first-order valence-corrected chi connectivity index (χ1v) is 9.50. The number of carbonyl (C=O) groups is 1. The lowest BCUT2D eigenvalue weighted by Crippen LogP contribution is -2.15. The highest BCUT2D eigenvalue weighted by atomic mass is 16.5. The number of hydrogen-bond donors (Lipinski definition) is 1. The van der Waals surface area contributed by atoms with Gasteiger partial charge in [0.2, 0.25) is 5.91 Å². The Hall–Kier alpha value is -3.54. The SMILES string of the molecule is COCCOCCOc1ccc2c(C3C(=O)Nc4ccc(C#N)cc43)ncnc2c1. The fraction of sp³-hybridized carbons (Fsp3) is 0.273. The summed E-state index contributed by atoms with van der Waals surface area (Å²) >= 11 is 0. The maximum absolute atomic E-state index is 12.7. The average Bonchev–Trinajstić information content (AvgIpc) is 3.10. The van der Waals surface area contributed by atoms with Crippen LogP contribution in [0.15, 0.2) is 42.7 Å². The van der Waals surface area contributed by atoms with Crippen LogP contribution in [-0.2, 0) is 14.3 Å². The molecule has 0 radical (unpaired) electrons. The van der Waals surface area contributed by atoms with E-state index in [2.05, 4.69) is 21.4 Å². The van der Waals surface area contributed by atoms with E-state index in [0.29, 0.717) is 54.6 Å². The molecule has 152 valence electrons. The number of fused-ring (bicyclic) bond motifs is 2. The maximum atomic E-state index is 12.7. The third-order valence-electron chi connectivity index (χ3n) is 4.85. The fourth-order valence-electron chi connectivity index (χ4n) is 3.44. The molecule has 2 heterocycles. The summed E-state index contributed by atoms with van der Waals surface area (Å²) in [6, 6.07) is 12.8. The molecular weight excluding hydrogens is 384 g/mol. The van der Waals surface area contributed by atoms with Gasteiger partial charge < -0.3 is 19.5 Å². The smallest absolute Gasteiger partial charge is 0.238 e. The van der Waals surface area contributed by atoms with E-state index in [1.54, 1.807) is 25.3 Å². The second-order valence-corrected chi connectivity index (χ2v) is 6.73. The molecule has 0 saturated carbocycles. The van der Waals surface area contributed by atoms with Crippen molar-refractivity contribution >= 4 is 22.5 Å². The molecule has 8 heteroatoms. The van der Waals surface area contributed by atoms with Gasteiger partial charge in [0.05, 0.1) is 42.7 Å². The Morgan fingerprint density at radius 3 is 2.80 bits per heavy atom. The van der Waals surface area contributed by atoms with Gasteiger partial charge in [-0.25, -0.2) is 9.97 Å². The minimum Gasteiger partial charge on any atom is -0.491 e. The molecule has 1 aromatic heterocycles. The Kier molecular flexibility index (Phi) is 5.84. The number of amides is 1.